The SMILES string of the molecule is CC(C)CN(CC(=O)N(Cc1ccccc1)Cc1cccn1C)C(=O)c1ccc(Cl)cc1Cl. The summed E-state index contributed by atoms with van der Waals surface area (Å²) in [5, 5.41) is 0.735. The number of amides is 2. The van der Waals surface area contributed by atoms with Gasteiger partial charge in [0.2, 0.25) is 5.91 Å². The average Bonchev–Trinajstić information content (AvgIpc) is 3.17. The highest BCUT2D eigenvalue weighted by Crippen LogP contribution is 2.23. The van der Waals surface area contributed by atoms with Gasteiger partial charge in [0, 0.05) is 37.1 Å². The summed E-state index contributed by atoms with van der Waals surface area (Å²) in [6.45, 7) is 5.33. The quantitative estimate of drug-likeness (QED) is 0.392. The molecule has 1 aromatic heterocycles. The highest BCUT2D eigenvalue weighted by Gasteiger charge is 2.25. The third-order valence-corrected chi connectivity index (χ3v) is 5.88. The lowest BCUT2D eigenvalue weighted by molar-refractivity contribution is -0.133. The van der Waals surface area contributed by atoms with Crippen LogP contribution in [-0.4, -0.2) is 39.3 Å². The second kappa shape index (κ2) is 11.4. The van der Waals surface area contributed by atoms with Crippen LogP contribution in [0.1, 0.15) is 35.5 Å². The molecule has 0 saturated heterocycles. The summed E-state index contributed by atoms with van der Waals surface area (Å²) in [6, 6.07) is 18.6. The molecule has 0 spiro atoms. The molecule has 0 saturated carbocycles. The van der Waals surface area contributed by atoms with Crippen molar-refractivity contribution in [1.82, 2.24) is 14.4 Å². The smallest absolute Gasteiger partial charge is 0.255 e. The Morgan fingerprint density at radius 2 is 1.67 bits per heavy atom. The van der Waals surface area contributed by atoms with E-state index in [-0.39, 0.29) is 29.3 Å². The fourth-order valence-electron chi connectivity index (χ4n) is 3.65. The van der Waals surface area contributed by atoms with Crippen LogP contribution in [-0.2, 0) is 24.9 Å². The Labute approximate surface area is 205 Å². The van der Waals surface area contributed by atoms with Gasteiger partial charge in [-0.3, -0.25) is 9.59 Å². The van der Waals surface area contributed by atoms with Crippen molar-refractivity contribution in [2.75, 3.05) is 13.1 Å². The Hall–Kier alpha value is -2.76. The highest BCUT2D eigenvalue weighted by molar-refractivity contribution is 6.36. The van der Waals surface area contributed by atoms with Crippen LogP contribution in [0.2, 0.25) is 10.0 Å². The topological polar surface area (TPSA) is 45.6 Å². The van der Waals surface area contributed by atoms with Gasteiger partial charge in [0.1, 0.15) is 6.54 Å². The summed E-state index contributed by atoms with van der Waals surface area (Å²) in [6.07, 6.45) is 1.96. The molecule has 174 valence electrons. The normalized spacial score (nSPS) is 11.0. The maximum atomic E-state index is 13.5. The van der Waals surface area contributed by atoms with E-state index in [1.807, 2.05) is 74.1 Å². The zero-order valence-electron chi connectivity index (χ0n) is 19.2. The Bertz CT molecular complexity index is 1100. The van der Waals surface area contributed by atoms with Gasteiger partial charge in [-0.1, -0.05) is 67.4 Å². The van der Waals surface area contributed by atoms with Gasteiger partial charge in [0.15, 0.2) is 0 Å². The van der Waals surface area contributed by atoms with E-state index < -0.39 is 0 Å². The van der Waals surface area contributed by atoms with Gasteiger partial charge in [0.25, 0.3) is 5.91 Å². The van der Waals surface area contributed by atoms with Crippen molar-refractivity contribution in [3.05, 3.63) is 93.7 Å². The van der Waals surface area contributed by atoms with Gasteiger partial charge in [-0.15, -0.1) is 0 Å². The third kappa shape index (κ3) is 6.86. The Balaban J connectivity index is 1.85. The van der Waals surface area contributed by atoms with Gasteiger partial charge in [-0.2, -0.15) is 0 Å². The van der Waals surface area contributed by atoms with E-state index in [9.17, 15) is 9.59 Å². The van der Waals surface area contributed by atoms with E-state index in [0.29, 0.717) is 30.2 Å². The van der Waals surface area contributed by atoms with Crippen molar-refractivity contribution in [3.8, 4) is 0 Å². The van der Waals surface area contributed by atoms with Crippen LogP contribution in [0, 0.1) is 5.92 Å². The number of hydrogen-bond acceptors (Lipinski definition) is 2. The van der Waals surface area contributed by atoms with Gasteiger partial charge < -0.3 is 14.4 Å². The van der Waals surface area contributed by atoms with Crippen molar-refractivity contribution < 1.29 is 9.59 Å². The first-order valence-electron chi connectivity index (χ1n) is 10.9. The molecule has 0 bridgehead atoms. The summed E-state index contributed by atoms with van der Waals surface area (Å²) in [5.74, 6) is -0.223. The molecule has 3 aromatic rings. The summed E-state index contributed by atoms with van der Waals surface area (Å²) in [7, 11) is 1.96. The van der Waals surface area contributed by atoms with E-state index in [4.69, 9.17) is 23.2 Å². The van der Waals surface area contributed by atoms with E-state index in [0.717, 1.165) is 11.3 Å². The Kier molecular flexibility index (Phi) is 8.59. The second-order valence-corrected chi connectivity index (χ2v) is 9.39. The molecule has 0 aliphatic carbocycles. The van der Waals surface area contributed by atoms with Crippen LogP contribution in [0.15, 0.2) is 66.9 Å². The minimum Gasteiger partial charge on any atom is -0.353 e. The number of nitrogens with zero attached hydrogens (tertiary/aromatic N) is 3. The van der Waals surface area contributed by atoms with Gasteiger partial charge in [-0.25, -0.2) is 0 Å². The molecular formula is C26H29Cl2N3O2. The first-order chi connectivity index (χ1) is 15.7. The van der Waals surface area contributed by atoms with Gasteiger partial charge >= 0.3 is 0 Å². The van der Waals surface area contributed by atoms with Crippen molar-refractivity contribution in [1.29, 1.82) is 0 Å². The van der Waals surface area contributed by atoms with Crippen LogP contribution in [0.5, 0.6) is 0 Å². The third-order valence-electron chi connectivity index (χ3n) is 5.33. The number of hydrogen-bond donors (Lipinski definition) is 0. The molecule has 7 heteroatoms. The van der Waals surface area contributed by atoms with Crippen molar-refractivity contribution in [3.63, 3.8) is 0 Å². The lowest BCUT2D eigenvalue weighted by atomic mass is 10.1. The first kappa shape index (κ1) is 24.9. The zero-order chi connectivity index (χ0) is 24.0. The van der Waals surface area contributed by atoms with Crippen LogP contribution < -0.4 is 0 Å². The molecule has 2 amide bonds. The summed E-state index contributed by atoms with van der Waals surface area (Å²) in [4.78, 5) is 30.2. The van der Waals surface area contributed by atoms with Gasteiger partial charge in [0.05, 0.1) is 17.1 Å². The number of carbonyl (C=O) groups is 2. The van der Waals surface area contributed by atoms with Gasteiger partial charge in [-0.05, 0) is 41.8 Å². The largest absolute Gasteiger partial charge is 0.353 e. The van der Waals surface area contributed by atoms with Crippen LogP contribution in [0.4, 0.5) is 0 Å². The molecule has 5 nitrogen and oxygen atoms in total. The van der Waals surface area contributed by atoms with Crippen LogP contribution >= 0.6 is 23.2 Å². The van der Waals surface area contributed by atoms with Crippen molar-refractivity contribution in [2.45, 2.75) is 26.9 Å². The molecule has 33 heavy (non-hydrogen) atoms. The molecule has 0 N–H and O–H groups in total. The maximum absolute atomic E-state index is 13.5. The van der Waals surface area contributed by atoms with E-state index in [2.05, 4.69) is 0 Å². The Morgan fingerprint density at radius 1 is 0.939 bits per heavy atom. The molecule has 0 aliphatic heterocycles. The molecule has 0 atom stereocenters. The zero-order valence-corrected chi connectivity index (χ0v) is 20.7. The number of rotatable bonds is 9. The predicted molar refractivity (Wildman–Crippen MR) is 133 cm³/mol. The average molecular weight is 486 g/mol. The van der Waals surface area contributed by atoms with Crippen molar-refractivity contribution in [2.24, 2.45) is 13.0 Å². The Morgan fingerprint density at radius 3 is 2.27 bits per heavy atom. The molecule has 0 unspecified atom stereocenters. The second-order valence-electron chi connectivity index (χ2n) is 8.55. The fraction of sp³-hybridized carbons (Fsp3) is 0.308. The highest BCUT2D eigenvalue weighted by atomic mass is 35.5. The monoisotopic (exact) mass is 485 g/mol. The summed E-state index contributed by atoms with van der Waals surface area (Å²) < 4.78 is 2.00. The molecule has 0 aliphatic rings. The molecule has 2 aromatic carbocycles. The summed E-state index contributed by atoms with van der Waals surface area (Å²) >= 11 is 12.3. The van der Waals surface area contributed by atoms with E-state index in [1.165, 1.54) is 0 Å². The number of carbonyl (C=O) groups excluding carboxylic acids is 2. The maximum Gasteiger partial charge on any atom is 0.255 e. The molecular weight excluding hydrogens is 457 g/mol. The standard InChI is InChI=1S/C26H29Cl2N3O2/c1-19(2)15-31(26(33)23-12-11-21(27)14-24(23)28)18-25(32)30(16-20-8-5-4-6-9-20)17-22-10-7-13-29(22)3/h4-14,19H,15-18H2,1-3H3. The summed E-state index contributed by atoms with van der Waals surface area (Å²) in [5.41, 5.74) is 2.39. The van der Waals surface area contributed by atoms with E-state index >= 15 is 0 Å². The number of halogens is 2. The predicted octanol–water partition coefficient (Wildman–Crippen LogP) is 5.66. The lowest BCUT2D eigenvalue weighted by Gasteiger charge is -2.29. The number of benzene rings is 2. The van der Waals surface area contributed by atoms with Crippen LogP contribution in [0.25, 0.3) is 0 Å². The first-order valence-corrected chi connectivity index (χ1v) is 11.7. The van der Waals surface area contributed by atoms with Crippen molar-refractivity contribution >= 4 is 35.0 Å². The minimum absolute atomic E-state index is 0.0345. The van der Waals surface area contributed by atoms with Crippen LogP contribution in [0.3, 0.4) is 0 Å². The molecule has 1 heterocycles. The fourth-order valence-corrected chi connectivity index (χ4v) is 4.14. The number of aryl methyl sites for hydroxylation is 1. The molecule has 3 rings (SSSR count). The minimum atomic E-state index is -0.280. The number of aromatic nitrogens is 1. The lowest BCUT2D eigenvalue weighted by Crippen LogP contribution is -2.44. The molecule has 0 radical (unpaired) electrons. The molecule has 0 fully saturated rings. The van der Waals surface area contributed by atoms with E-state index in [1.54, 1.807) is 28.0 Å².